The van der Waals surface area contributed by atoms with Crippen LogP contribution >= 0.6 is 0 Å². The lowest BCUT2D eigenvalue weighted by molar-refractivity contribution is 0.377. The zero-order valence-corrected chi connectivity index (χ0v) is 12.0. The molecule has 1 saturated heterocycles. The van der Waals surface area contributed by atoms with Crippen molar-refractivity contribution in [1.29, 1.82) is 0 Å². The fraction of sp³-hybridized carbons (Fsp3) is 1.00. The van der Waals surface area contributed by atoms with Gasteiger partial charge < -0.3 is 4.74 Å². The summed E-state index contributed by atoms with van der Waals surface area (Å²) in [6.07, 6.45) is 6.07. The first kappa shape index (κ1) is 13.2. The maximum atomic E-state index is 5.96. The molecule has 0 aromatic rings. The summed E-state index contributed by atoms with van der Waals surface area (Å²) >= 11 is 0. The minimum Gasteiger partial charge on any atom is -0.373 e. The van der Waals surface area contributed by atoms with E-state index in [1.807, 2.05) is 0 Å². The zero-order valence-electron chi connectivity index (χ0n) is 11.0. The summed E-state index contributed by atoms with van der Waals surface area (Å²) in [4.78, 5) is 0. The third kappa shape index (κ3) is 3.07. The van der Waals surface area contributed by atoms with Gasteiger partial charge in [-0.25, -0.2) is 0 Å². The summed E-state index contributed by atoms with van der Waals surface area (Å²) in [6.45, 7) is 9.41. The molecule has 0 saturated carbocycles. The minimum absolute atomic E-state index is 0.656. The van der Waals surface area contributed by atoms with Crippen LogP contribution in [-0.4, -0.2) is 19.9 Å². The molecule has 1 aliphatic heterocycles. The molecule has 1 rings (SSSR count). The molecule has 90 valence electrons. The van der Waals surface area contributed by atoms with E-state index < -0.39 is 8.07 Å². The van der Waals surface area contributed by atoms with Crippen LogP contribution in [-0.2, 0) is 4.74 Å². The average Bonchev–Trinajstić information content (AvgIpc) is 3.02. The van der Waals surface area contributed by atoms with Gasteiger partial charge in [0, 0.05) is 0 Å². The highest BCUT2D eigenvalue weighted by Crippen LogP contribution is 2.40. The first-order chi connectivity index (χ1) is 7.24. The predicted molar refractivity (Wildman–Crippen MR) is 70.0 cm³/mol. The van der Waals surface area contributed by atoms with Gasteiger partial charge in [0.05, 0.1) is 19.9 Å². The number of hydrogen-bond donors (Lipinski definition) is 0. The van der Waals surface area contributed by atoms with Crippen LogP contribution in [0.4, 0.5) is 0 Å². The number of hydrogen-bond acceptors (Lipinski definition) is 1. The highest BCUT2D eigenvalue weighted by molar-refractivity contribution is 6.81. The van der Waals surface area contributed by atoms with Crippen LogP contribution in [0.5, 0.6) is 0 Å². The van der Waals surface area contributed by atoms with Crippen molar-refractivity contribution in [2.75, 3.05) is 0 Å². The Morgan fingerprint density at radius 2 is 1.53 bits per heavy atom. The van der Waals surface area contributed by atoms with Crippen molar-refractivity contribution in [2.45, 2.75) is 83.3 Å². The second kappa shape index (κ2) is 6.05. The molecule has 0 bridgehead atoms. The van der Waals surface area contributed by atoms with Crippen molar-refractivity contribution in [3.63, 3.8) is 0 Å². The molecule has 0 aromatic carbocycles. The monoisotopic (exact) mass is 228 g/mol. The number of unbranched alkanes of at least 4 members (excludes halogenated alkanes) is 2. The molecule has 0 unspecified atom stereocenters. The van der Waals surface area contributed by atoms with Crippen molar-refractivity contribution >= 4 is 8.07 Å². The van der Waals surface area contributed by atoms with E-state index in [0.717, 1.165) is 0 Å². The molecule has 15 heavy (non-hydrogen) atoms. The van der Waals surface area contributed by atoms with Crippen molar-refractivity contribution in [2.24, 2.45) is 0 Å². The van der Waals surface area contributed by atoms with E-state index >= 15 is 0 Å². The van der Waals surface area contributed by atoms with Gasteiger partial charge in [0.25, 0.3) is 0 Å². The molecule has 1 fully saturated rings. The SMILES string of the molecule is CCCCC[C@H]1O[C@@H]1[Si](CC)(CC)CC. The van der Waals surface area contributed by atoms with Crippen LogP contribution in [0.3, 0.4) is 0 Å². The Bertz CT molecular complexity index is 169. The van der Waals surface area contributed by atoms with Gasteiger partial charge in [-0.1, -0.05) is 65.1 Å². The van der Waals surface area contributed by atoms with E-state index in [1.165, 1.54) is 43.8 Å². The van der Waals surface area contributed by atoms with Crippen LogP contribution in [0.25, 0.3) is 0 Å². The van der Waals surface area contributed by atoms with Crippen LogP contribution in [0.1, 0.15) is 53.4 Å². The average molecular weight is 228 g/mol. The number of rotatable bonds is 8. The fourth-order valence-corrected chi connectivity index (χ4v) is 6.98. The lowest BCUT2D eigenvalue weighted by Gasteiger charge is -2.25. The van der Waals surface area contributed by atoms with Gasteiger partial charge in [-0.2, -0.15) is 0 Å². The fourth-order valence-electron chi connectivity index (χ4n) is 2.85. The highest BCUT2D eigenvalue weighted by atomic mass is 28.3. The Kier molecular flexibility index (Phi) is 5.34. The van der Waals surface area contributed by atoms with E-state index in [2.05, 4.69) is 27.7 Å². The van der Waals surface area contributed by atoms with Crippen molar-refractivity contribution in [3.8, 4) is 0 Å². The summed E-state index contributed by atoms with van der Waals surface area (Å²) < 4.78 is 5.96. The second-order valence-corrected chi connectivity index (χ2v) is 10.4. The molecule has 2 heteroatoms. The predicted octanol–water partition coefficient (Wildman–Crippen LogP) is 4.38. The lowest BCUT2D eigenvalue weighted by Crippen LogP contribution is -2.40. The topological polar surface area (TPSA) is 12.5 Å². The van der Waals surface area contributed by atoms with E-state index in [-0.39, 0.29) is 0 Å². The third-order valence-corrected chi connectivity index (χ3v) is 10.3. The maximum absolute atomic E-state index is 5.96. The van der Waals surface area contributed by atoms with E-state index in [0.29, 0.717) is 11.8 Å². The minimum atomic E-state index is -1.03. The smallest absolute Gasteiger partial charge is 0.0902 e. The van der Waals surface area contributed by atoms with Gasteiger partial charge in [0.2, 0.25) is 0 Å². The summed E-state index contributed by atoms with van der Waals surface area (Å²) in [7, 11) is -1.03. The Hall–Kier alpha value is 0.177. The number of epoxide rings is 1. The first-order valence-corrected chi connectivity index (χ1v) is 9.59. The molecule has 0 amide bonds. The quantitative estimate of drug-likeness (QED) is 0.341. The van der Waals surface area contributed by atoms with E-state index in [1.54, 1.807) is 0 Å². The zero-order chi connectivity index (χ0) is 11.3. The molecule has 1 nitrogen and oxygen atoms in total. The van der Waals surface area contributed by atoms with Crippen LogP contribution in [0, 0.1) is 0 Å². The van der Waals surface area contributed by atoms with Crippen molar-refractivity contribution < 1.29 is 4.74 Å². The Labute approximate surface area is 96.6 Å². The summed E-state index contributed by atoms with van der Waals surface area (Å²) in [5, 5.41) is 0. The molecule has 0 aliphatic carbocycles. The third-order valence-electron chi connectivity index (χ3n) is 4.39. The van der Waals surface area contributed by atoms with Gasteiger partial charge in [0.15, 0.2) is 0 Å². The van der Waals surface area contributed by atoms with Gasteiger partial charge in [-0.05, 0) is 6.42 Å². The number of ether oxygens (including phenoxy) is 1. The van der Waals surface area contributed by atoms with Crippen molar-refractivity contribution in [1.82, 2.24) is 0 Å². The Morgan fingerprint density at radius 3 is 2.00 bits per heavy atom. The van der Waals surface area contributed by atoms with E-state index in [4.69, 9.17) is 4.74 Å². The summed E-state index contributed by atoms with van der Waals surface area (Å²) in [5.41, 5.74) is 0.717. The molecule has 1 heterocycles. The summed E-state index contributed by atoms with van der Waals surface area (Å²) in [6, 6.07) is 4.23. The highest BCUT2D eigenvalue weighted by Gasteiger charge is 2.52. The van der Waals surface area contributed by atoms with Crippen LogP contribution in [0.15, 0.2) is 0 Å². The van der Waals surface area contributed by atoms with Gasteiger partial charge in [0.1, 0.15) is 0 Å². The molecular weight excluding hydrogens is 200 g/mol. The first-order valence-electron chi connectivity index (χ1n) is 6.89. The second-order valence-electron chi connectivity index (χ2n) is 5.01. The molecule has 2 atom stereocenters. The van der Waals surface area contributed by atoms with Crippen molar-refractivity contribution in [3.05, 3.63) is 0 Å². The standard InChI is InChI=1S/C13H28OSi/c1-5-9-10-11-12-13(14-12)15(6-2,7-3)8-4/h12-13H,5-11H2,1-4H3/t12-,13-/m1/s1. The normalized spacial score (nSPS) is 25.6. The molecule has 0 spiro atoms. The molecule has 0 aromatic heterocycles. The molecule has 1 aliphatic rings. The molecular formula is C13H28OSi. The summed E-state index contributed by atoms with van der Waals surface area (Å²) in [5.74, 6) is 0. The largest absolute Gasteiger partial charge is 0.373 e. The van der Waals surface area contributed by atoms with E-state index in [9.17, 15) is 0 Å². The van der Waals surface area contributed by atoms with Gasteiger partial charge >= 0.3 is 0 Å². The van der Waals surface area contributed by atoms with Gasteiger partial charge in [-0.3, -0.25) is 0 Å². The molecule has 0 radical (unpaired) electrons. The van der Waals surface area contributed by atoms with Crippen LogP contribution in [0.2, 0.25) is 18.1 Å². The molecule has 0 N–H and O–H groups in total. The Balaban J connectivity index is 2.33. The van der Waals surface area contributed by atoms with Crippen LogP contribution < -0.4 is 0 Å². The maximum Gasteiger partial charge on any atom is 0.0902 e. The lowest BCUT2D eigenvalue weighted by atomic mass is 10.2. The van der Waals surface area contributed by atoms with Gasteiger partial charge in [-0.15, -0.1) is 0 Å². The Morgan fingerprint density at radius 1 is 0.933 bits per heavy atom.